The number of aromatic nitrogens is 1. The molecule has 0 unspecified atom stereocenters. The third-order valence-corrected chi connectivity index (χ3v) is 5.21. The van der Waals surface area contributed by atoms with Crippen LogP contribution in [-0.2, 0) is 0 Å². The zero-order valence-electron chi connectivity index (χ0n) is 16.2. The van der Waals surface area contributed by atoms with Crippen molar-refractivity contribution in [3.63, 3.8) is 0 Å². The summed E-state index contributed by atoms with van der Waals surface area (Å²) in [6, 6.07) is 5.03. The van der Waals surface area contributed by atoms with Gasteiger partial charge in [-0.1, -0.05) is 11.6 Å². The molecule has 1 aliphatic rings. The normalized spacial score (nSPS) is 16.6. The molecule has 2 heterocycles. The van der Waals surface area contributed by atoms with Crippen molar-refractivity contribution in [2.24, 2.45) is 15.0 Å². The van der Waals surface area contributed by atoms with Crippen molar-refractivity contribution < 1.29 is 4.39 Å². The molecule has 1 aliphatic heterocycles. The Kier molecular flexibility index (Phi) is 6.61. The van der Waals surface area contributed by atoms with Crippen molar-refractivity contribution in [2.75, 3.05) is 11.8 Å². The fourth-order valence-electron chi connectivity index (χ4n) is 2.86. The highest BCUT2D eigenvalue weighted by molar-refractivity contribution is 8.00. The van der Waals surface area contributed by atoms with Crippen LogP contribution in [0.5, 0.6) is 0 Å². The molecule has 0 atom stereocenters. The standard InChI is InChI=1S/C21H19ClFN5S/c1-12-5-19(23)20(28-29-16-7-15(22)10-26-11-16)8-17(12)18-6-14(9-24-3)21(25-4)27-13(18)2/h5-11,28H,3H2,1-2,4H3/b14-9-,25-21?. The molecule has 1 aromatic carbocycles. The highest BCUT2D eigenvalue weighted by atomic mass is 35.5. The molecule has 29 heavy (non-hydrogen) atoms. The van der Waals surface area contributed by atoms with Crippen LogP contribution in [0.25, 0.3) is 5.57 Å². The Labute approximate surface area is 178 Å². The summed E-state index contributed by atoms with van der Waals surface area (Å²) in [4.78, 5) is 17.4. The van der Waals surface area contributed by atoms with Gasteiger partial charge in [-0.25, -0.2) is 9.38 Å². The number of pyridine rings is 1. The molecule has 0 radical (unpaired) electrons. The van der Waals surface area contributed by atoms with Crippen LogP contribution >= 0.6 is 23.5 Å². The van der Waals surface area contributed by atoms with E-state index in [0.29, 0.717) is 16.5 Å². The Morgan fingerprint density at radius 3 is 2.72 bits per heavy atom. The van der Waals surface area contributed by atoms with Gasteiger partial charge in [0.05, 0.1) is 10.7 Å². The summed E-state index contributed by atoms with van der Waals surface area (Å²) in [5.41, 5.74) is 4.44. The van der Waals surface area contributed by atoms with Crippen molar-refractivity contribution in [3.05, 3.63) is 70.4 Å². The zero-order valence-corrected chi connectivity index (χ0v) is 17.8. The highest BCUT2D eigenvalue weighted by Gasteiger charge is 2.19. The number of allylic oxidation sites excluding steroid dienone is 1. The number of benzene rings is 1. The van der Waals surface area contributed by atoms with Crippen LogP contribution in [0.4, 0.5) is 10.1 Å². The Bertz CT molecular complexity index is 1090. The van der Waals surface area contributed by atoms with E-state index in [0.717, 1.165) is 32.9 Å². The number of hydrogen-bond donors (Lipinski definition) is 1. The number of halogens is 2. The fourth-order valence-corrected chi connectivity index (χ4v) is 3.78. The second-order valence-electron chi connectivity index (χ2n) is 6.26. The number of rotatable bonds is 5. The number of aryl methyl sites for hydroxylation is 1. The smallest absolute Gasteiger partial charge is 0.156 e. The van der Waals surface area contributed by atoms with Crippen LogP contribution in [0.2, 0.25) is 5.02 Å². The summed E-state index contributed by atoms with van der Waals surface area (Å²) in [6.07, 6.45) is 6.75. The highest BCUT2D eigenvalue weighted by Crippen LogP contribution is 2.32. The van der Waals surface area contributed by atoms with Gasteiger partial charge in [-0.05, 0) is 67.9 Å². The molecule has 8 heteroatoms. The molecule has 1 N–H and O–H groups in total. The summed E-state index contributed by atoms with van der Waals surface area (Å²) in [5, 5.41) is 0.518. The SMILES string of the molecule is C=N/C=C1/C=C(c2cc(NSc3cncc(Cl)c3)c(F)cc2C)C(C)=NC1=NC. The maximum Gasteiger partial charge on any atom is 0.156 e. The lowest BCUT2D eigenvalue weighted by Crippen LogP contribution is -2.12. The second-order valence-corrected chi connectivity index (χ2v) is 7.58. The van der Waals surface area contributed by atoms with Gasteiger partial charge >= 0.3 is 0 Å². The third-order valence-electron chi connectivity index (χ3n) is 4.23. The van der Waals surface area contributed by atoms with Gasteiger partial charge in [0.15, 0.2) is 5.84 Å². The number of anilines is 1. The summed E-state index contributed by atoms with van der Waals surface area (Å²) < 4.78 is 17.6. The molecule has 3 rings (SSSR count). The molecule has 0 fully saturated rings. The zero-order chi connectivity index (χ0) is 21.0. The van der Waals surface area contributed by atoms with Gasteiger partial charge in [0.2, 0.25) is 0 Å². The molecule has 148 valence electrons. The lowest BCUT2D eigenvalue weighted by atomic mass is 9.92. The van der Waals surface area contributed by atoms with Crippen molar-refractivity contribution in [2.45, 2.75) is 18.7 Å². The summed E-state index contributed by atoms with van der Waals surface area (Å²) in [5.74, 6) is 0.236. The minimum absolute atomic E-state index is 0.348. The van der Waals surface area contributed by atoms with Crippen LogP contribution in [0.1, 0.15) is 18.1 Å². The quantitative estimate of drug-likeness (QED) is 0.486. The summed E-state index contributed by atoms with van der Waals surface area (Å²) in [7, 11) is 1.68. The third kappa shape index (κ3) is 4.81. The first-order valence-corrected chi connectivity index (χ1v) is 9.86. The first-order chi connectivity index (χ1) is 13.9. The predicted octanol–water partition coefficient (Wildman–Crippen LogP) is 5.77. The van der Waals surface area contributed by atoms with Crippen molar-refractivity contribution >= 4 is 53.1 Å². The van der Waals surface area contributed by atoms with E-state index in [1.807, 2.05) is 19.9 Å². The van der Waals surface area contributed by atoms with Gasteiger partial charge < -0.3 is 4.72 Å². The number of aliphatic imine (C=N–C) groups is 3. The summed E-state index contributed by atoms with van der Waals surface area (Å²) >= 11 is 7.20. The molecule has 5 nitrogen and oxygen atoms in total. The molecule has 0 saturated heterocycles. The van der Waals surface area contributed by atoms with E-state index < -0.39 is 0 Å². The minimum Gasteiger partial charge on any atom is -0.323 e. The fraction of sp³-hybridized carbons (Fsp3) is 0.143. The van der Waals surface area contributed by atoms with Gasteiger partial charge in [0.1, 0.15) is 5.82 Å². The van der Waals surface area contributed by atoms with Crippen LogP contribution in [-0.4, -0.2) is 30.3 Å². The maximum absolute atomic E-state index is 14.6. The molecule has 0 saturated carbocycles. The summed E-state index contributed by atoms with van der Waals surface area (Å²) in [6.45, 7) is 7.27. The first-order valence-electron chi connectivity index (χ1n) is 8.67. The Morgan fingerprint density at radius 2 is 2.03 bits per heavy atom. The second kappa shape index (κ2) is 9.15. The minimum atomic E-state index is -0.348. The van der Waals surface area contributed by atoms with E-state index in [2.05, 4.69) is 31.4 Å². The lowest BCUT2D eigenvalue weighted by molar-refractivity contribution is 0.631. The Morgan fingerprint density at radius 1 is 1.24 bits per heavy atom. The maximum atomic E-state index is 14.6. The van der Waals surface area contributed by atoms with Crippen molar-refractivity contribution in [1.29, 1.82) is 0 Å². The predicted molar refractivity (Wildman–Crippen MR) is 122 cm³/mol. The van der Waals surface area contributed by atoms with Gasteiger partial charge in [-0.3, -0.25) is 15.0 Å². The van der Waals surface area contributed by atoms with E-state index in [4.69, 9.17) is 11.6 Å². The lowest BCUT2D eigenvalue weighted by Gasteiger charge is -2.18. The number of amidine groups is 1. The van der Waals surface area contributed by atoms with E-state index >= 15 is 0 Å². The largest absolute Gasteiger partial charge is 0.323 e. The molecule has 1 aromatic heterocycles. The first kappa shape index (κ1) is 21.0. The Balaban J connectivity index is 1.97. The number of nitrogens with zero attached hydrogens (tertiary/aromatic N) is 4. The van der Waals surface area contributed by atoms with Gasteiger partial charge in [-0.2, -0.15) is 0 Å². The Hall–Kier alpha value is -2.77. The van der Waals surface area contributed by atoms with Crippen LogP contribution in [0.3, 0.4) is 0 Å². The average Bonchev–Trinajstić information content (AvgIpc) is 2.69. The monoisotopic (exact) mass is 427 g/mol. The van der Waals surface area contributed by atoms with E-state index in [1.54, 1.807) is 37.8 Å². The van der Waals surface area contributed by atoms with Gasteiger partial charge in [0.25, 0.3) is 0 Å². The molecular weight excluding hydrogens is 409 g/mol. The molecule has 0 bridgehead atoms. The number of hydrogen-bond acceptors (Lipinski definition) is 5. The molecule has 2 aromatic rings. The topological polar surface area (TPSA) is 62.0 Å². The number of dihydropyridines is 1. The van der Waals surface area contributed by atoms with Gasteiger partial charge in [0, 0.05) is 47.4 Å². The van der Waals surface area contributed by atoms with Crippen LogP contribution in [0, 0.1) is 12.7 Å². The molecular formula is C21H19ClFN5S. The van der Waals surface area contributed by atoms with Crippen molar-refractivity contribution in [3.8, 4) is 0 Å². The average molecular weight is 428 g/mol. The van der Waals surface area contributed by atoms with E-state index in [1.165, 1.54) is 18.0 Å². The van der Waals surface area contributed by atoms with Crippen LogP contribution < -0.4 is 4.72 Å². The number of nitrogens with one attached hydrogen (secondary N) is 1. The van der Waals surface area contributed by atoms with E-state index in [-0.39, 0.29) is 5.82 Å². The molecule has 0 spiro atoms. The molecule has 0 aliphatic carbocycles. The van der Waals surface area contributed by atoms with Gasteiger partial charge in [-0.15, -0.1) is 0 Å². The molecule has 0 amide bonds. The van der Waals surface area contributed by atoms with E-state index in [9.17, 15) is 4.39 Å². The van der Waals surface area contributed by atoms with Crippen molar-refractivity contribution in [1.82, 2.24) is 4.98 Å². The van der Waals surface area contributed by atoms with Crippen LogP contribution in [0.15, 0.2) is 68.3 Å².